The molecule has 1 saturated heterocycles. The van der Waals surface area contributed by atoms with E-state index < -0.39 is 0 Å². The summed E-state index contributed by atoms with van der Waals surface area (Å²) < 4.78 is 0. The Kier molecular flexibility index (Phi) is 7.19. The number of nitrogens with one attached hydrogen (secondary N) is 2. The van der Waals surface area contributed by atoms with E-state index >= 15 is 0 Å². The highest BCUT2D eigenvalue weighted by molar-refractivity contribution is 6.04. The summed E-state index contributed by atoms with van der Waals surface area (Å²) >= 11 is 0. The van der Waals surface area contributed by atoms with Crippen LogP contribution in [0.5, 0.6) is 0 Å². The lowest BCUT2D eigenvalue weighted by Gasteiger charge is -2.27. The van der Waals surface area contributed by atoms with Crippen LogP contribution < -0.4 is 10.6 Å². The van der Waals surface area contributed by atoms with E-state index in [1.807, 2.05) is 17.0 Å². The van der Waals surface area contributed by atoms with Crippen molar-refractivity contribution in [2.45, 2.75) is 19.3 Å². The van der Waals surface area contributed by atoms with E-state index in [1.165, 1.54) is 6.42 Å². The van der Waals surface area contributed by atoms with Crippen LogP contribution in [0.1, 0.15) is 29.6 Å². The molecule has 0 saturated carbocycles. The molecule has 0 atom stereocenters. The predicted octanol–water partition coefficient (Wildman–Crippen LogP) is 1.89. The Balaban J connectivity index is 0.00000220. The molecule has 1 fully saturated rings. The van der Waals surface area contributed by atoms with Crippen molar-refractivity contribution in [1.29, 1.82) is 0 Å². The van der Waals surface area contributed by atoms with E-state index in [1.54, 1.807) is 19.2 Å². The van der Waals surface area contributed by atoms with Crippen LogP contribution in [0.2, 0.25) is 0 Å². The highest BCUT2D eigenvalue weighted by atomic mass is 35.5. The van der Waals surface area contributed by atoms with Gasteiger partial charge in [-0.1, -0.05) is 12.1 Å². The number of nitrogens with zero attached hydrogens (tertiary/aromatic N) is 1. The zero-order valence-electron chi connectivity index (χ0n) is 12.2. The molecule has 1 heterocycles. The molecule has 5 nitrogen and oxygen atoms in total. The molecular weight excluding hydrogens is 290 g/mol. The molecule has 1 aromatic rings. The van der Waals surface area contributed by atoms with Crippen molar-refractivity contribution >= 4 is 29.9 Å². The fraction of sp³-hybridized carbons (Fsp3) is 0.467. The van der Waals surface area contributed by atoms with Crippen LogP contribution in [0.25, 0.3) is 0 Å². The van der Waals surface area contributed by atoms with Gasteiger partial charge in [-0.2, -0.15) is 0 Å². The zero-order valence-corrected chi connectivity index (χ0v) is 13.0. The summed E-state index contributed by atoms with van der Waals surface area (Å²) in [5, 5.41) is 5.57. The summed E-state index contributed by atoms with van der Waals surface area (Å²) in [6.07, 6.45) is 3.30. The first-order chi connectivity index (χ1) is 9.72. The molecular formula is C15H22ClN3O2. The maximum absolute atomic E-state index is 12.5. The van der Waals surface area contributed by atoms with Gasteiger partial charge in [0.05, 0.1) is 17.8 Å². The van der Waals surface area contributed by atoms with Gasteiger partial charge in [0.25, 0.3) is 5.91 Å². The summed E-state index contributed by atoms with van der Waals surface area (Å²) in [4.78, 5) is 26.1. The molecule has 1 aliphatic rings. The van der Waals surface area contributed by atoms with Crippen LogP contribution in [-0.2, 0) is 4.79 Å². The number of carbonyl (C=O) groups is 2. The number of likely N-dealkylation sites (N-methyl/N-ethyl adjacent to an activating group) is 1. The number of hydrogen-bond donors (Lipinski definition) is 2. The minimum Gasteiger partial charge on any atom is -0.339 e. The Morgan fingerprint density at radius 3 is 2.48 bits per heavy atom. The van der Waals surface area contributed by atoms with Crippen molar-refractivity contribution in [3.63, 3.8) is 0 Å². The van der Waals surface area contributed by atoms with E-state index in [9.17, 15) is 9.59 Å². The quantitative estimate of drug-likeness (QED) is 0.892. The third-order valence-corrected chi connectivity index (χ3v) is 3.41. The van der Waals surface area contributed by atoms with E-state index in [2.05, 4.69) is 10.6 Å². The maximum atomic E-state index is 12.5. The molecule has 1 aliphatic heterocycles. The van der Waals surface area contributed by atoms with Gasteiger partial charge in [-0.15, -0.1) is 12.4 Å². The van der Waals surface area contributed by atoms with Gasteiger partial charge in [0.15, 0.2) is 0 Å². The minimum absolute atomic E-state index is 0. The standard InChI is InChI=1S/C15H21N3O2.ClH/c1-16-11-14(19)17-13-8-4-3-7-12(13)15(20)18-9-5-2-6-10-18;/h3-4,7-8,16H,2,5-6,9-11H2,1H3,(H,17,19);1H. The van der Waals surface area contributed by atoms with Crippen molar-refractivity contribution in [3.05, 3.63) is 29.8 Å². The molecule has 0 aromatic heterocycles. The van der Waals surface area contributed by atoms with Crippen molar-refractivity contribution in [3.8, 4) is 0 Å². The van der Waals surface area contributed by atoms with Gasteiger partial charge in [0.1, 0.15) is 0 Å². The number of halogens is 1. The monoisotopic (exact) mass is 311 g/mol. The van der Waals surface area contributed by atoms with Gasteiger partial charge in [-0.25, -0.2) is 0 Å². The van der Waals surface area contributed by atoms with Gasteiger partial charge in [-0.3, -0.25) is 9.59 Å². The zero-order chi connectivity index (χ0) is 14.4. The van der Waals surface area contributed by atoms with Crippen LogP contribution in [0.15, 0.2) is 24.3 Å². The molecule has 2 rings (SSSR count). The number of piperidine rings is 1. The summed E-state index contributed by atoms with van der Waals surface area (Å²) in [5.74, 6) is -0.142. The fourth-order valence-corrected chi connectivity index (χ4v) is 2.40. The minimum atomic E-state index is -0.147. The molecule has 0 bridgehead atoms. The summed E-state index contributed by atoms with van der Waals surface area (Å²) in [5.41, 5.74) is 1.15. The van der Waals surface area contributed by atoms with Crippen LogP contribution in [-0.4, -0.2) is 43.4 Å². The molecule has 0 radical (unpaired) electrons. The Hall–Kier alpha value is -1.59. The van der Waals surface area contributed by atoms with E-state index in [4.69, 9.17) is 0 Å². The van der Waals surface area contributed by atoms with Crippen molar-refractivity contribution < 1.29 is 9.59 Å². The van der Waals surface area contributed by atoms with Crippen LogP contribution in [0, 0.1) is 0 Å². The second-order valence-corrected chi connectivity index (χ2v) is 4.98. The Bertz CT molecular complexity index is 488. The van der Waals surface area contributed by atoms with Gasteiger partial charge in [-0.05, 0) is 38.4 Å². The molecule has 2 N–H and O–H groups in total. The molecule has 1 aromatic carbocycles. The Morgan fingerprint density at radius 1 is 1.14 bits per heavy atom. The lowest BCUT2D eigenvalue weighted by Crippen LogP contribution is -2.36. The third-order valence-electron chi connectivity index (χ3n) is 3.41. The fourth-order valence-electron chi connectivity index (χ4n) is 2.40. The van der Waals surface area contributed by atoms with Crippen LogP contribution in [0.3, 0.4) is 0 Å². The number of anilines is 1. The first-order valence-corrected chi connectivity index (χ1v) is 7.05. The SMILES string of the molecule is CNCC(=O)Nc1ccccc1C(=O)N1CCCCC1.Cl. The molecule has 21 heavy (non-hydrogen) atoms. The average molecular weight is 312 g/mol. The molecule has 2 amide bonds. The summed E-state index contributed by atoms with van der Waals surface area (Å²) in [7, 11) is 1.71. The predicted molar refractivity (Wildman–Crippen MR) is 86.0 cm³/mol. The summed E-state index contributed by atoms with van der Waals surface area (Å²) in [6.45, 7) is 1.83. The number of para-hydroxylation sites is 1. The summed E-state index contributed by atoms with van der Waals surface area (Å²) in [6, 6.07) is 7.18. The van der Waals surface area contributed by atoms with Crippen molar-refractivity contribution in [2.24, 2.45) is 0 Å². The van der Waals surface area contributed by atoms with Crippen molar-refractivity contribution in [1.82, 2.24) is 10.2 Å². The number of carbonyl (C=O) groups excluding carboxylic acids is 2. The maximum Gasteiger partial charge on any atom is 0.255 e. The molecule has 116 valence electrons. The number of benzene rings is 1. The van der Waals surface area contributed by atoms with Gasteiger partial charge in [0.2, 0.25) is 5.91 Å². The third kappa shape index (κ3) is 4.72. The lowest BCUT2D eigenvalue weighted by atomic mass is 10.1. The van der Waals surface area contributed by atoms with E-state index in [0.29, 0.717) is 11.3 Å². The first kappa shape index (κ1) is 17.5. The molecule has 0 unspecified atom stereocenters. The first-order valence-electron chi connectivity index (χ1n) is 7.05. The van der Waals surface area contributed by atoms with Gasteiger partial charge >= 0.3 is 0 Å². The highest BCUT2D eigenvalue weighted by Crippen LogP contribution is 2.19. The van der Waals surface area contributed by atoms with Crippen LogP contribution >= 0.6 is 12.4 Å². The Labute approximate surface area is 131 Å². The second kappa shape index (κ2) is 8.64. The van der Waals surface area contributed by atoms with Crippen LogP contribution in [0.4, 0.5) is 5.69 Å². The van der Waals surface area contributed by atoms with Crippen molar-refractivity contribution in [2.75, 3.05) is 32.0 Å². The molecule has 0 spiro atoms. The smallest absolute Gasteiger partial charge is 0.255 e. The van der Waals surface area contributed by atoms with E-state index in [0.717, 1.165) is 25.9 Å². The average Bonchev–Trinajstić information content (AvgIpc) is 2.48. The van der Waals surface area contributed by atoms with Gasteiger partial charge in [0, 0.05) is 13.1 Å². The molecule has 6 heteroatoms. The highest BCUT2D eigenvalue weighted by Gasteiger charge is 2.20. The van der Waals surface area contributed by atoms with E-state index in [-0.39, 0.29) is 30.8 Å². The molecule has 0 aliphatic carbocycles. The number of likely N-dealkylation sites (tertiary alicyclic amines) is 1. The second-order valence-electron chi connectivity index (χ2n) is 4.98. The number of amides is 2. The normalized spacial score (nSPS) is 14.2. The topological polar surface area (TPSA) is 61.4 Å². The van der Waals surface area contributed by atoms with Gasteiger partial charge < -0.3 is 15.5 Å². The number of hydrogen-bond acceptors (Lipinski definition) is 3. The number of rotatable bonds is 4. The Morgan fingerprint density at radius 2 is 1.81 bits per heavy atom. The lowest BCUT2D eigenvalue weighted by molar-refractivity contribution is -0.115. The largest absolute Gasteiger partial charge is 0.339 e.